The number of amides is 2. The first-order valence-corrected chi connectivity index (χ1v) is 8.59. The molecule has 0 saturated carbocycles. The van der Waals surface area contributed by atoms with Gasteiger partial charge < -0.3 is 19.4 Å². The van der Waals surface area contributed by atoms with Crippen LogP contribution in [0.15, 0.2) is 47.1 Å². The standard InChI is InChI=1S/C20H20N2O5/c1-26-20(25)15-4-6-17-14(13-15)9-11-22(17)19(24)8-10-21-18(23)7-5-16-3-2-12-27-16/h2-7,12-13H,8-11H2,1H3,(H,21,23)/b7-5+. The van der Waals surface area contributed by atoms with Crippen LogP contribution in [0.3, 0.4) is 0 Å². The van der Waals surface area contributed by atoms with E-state index < -0.39 is 5.97 Å². The molecule has 0 saturated heterocycles. The number of benzene rings is 1. The van der Waals surface area contributed by atoms with Gasteiger partial charge in [0.15, 0.2) is 0 Å². The summed E-state index contributed by atoms with van der Waals surface area (Å²) in [6, 6.07) is 8.65. The Hall–Kier alpha value is -3.35. The molecule has 1 N–H and O–H groups in total. The third-order valence-electron chi connectivity index (χ3n) is 4.28. The van der Waals surface area contributed by atoms with Crippen molar-refractivity contribution in [3.05, 3.63) is 59.6 Å². The van der Waals surface area contributed by atoms with E-state index in [9.17, 15) is 14.4 Å². The van der Waals surface area contributed by atoms with Crippen molar-refractivity contribution in [1.82, 2.24) is 5.32 Å². The second-order valence-electron chi connectivity index (χ2n) is 6.02. The van der Waals surface area contributed by atoms with E-state index in [2.05, 4.69) is 5.32 Å². The van der Waals surface area contributed by atoms with E-state index in [0.29, 0.717) is 24.3 Å². The minimum absolute atomic E-state index is 0.0742. The molecule has 1 aromatic carbocycles. The van der Waals surface area contributed by atoms with E-state index in [0.717, 1.165) is 11.3 Å². The molecule has 0 unspecified atom stereocenters. The lowest BCUT2D eigenvalue weighted by Crippen LogP contribution is -2.33. The average Bonchev–Trinajstić information content (AvgIpc) is 3.34. The molecule has 27 heavy (non-hydrogen) atoms. The number of esters is 1. The largest absolute Gasteiger partial charge is 0.465 e. The zero-order valence-electron chi connectivity index (χ0n) is 14.9. The van der Waals surface area contributed by atoms with Gasteiger partial charge in [-0.1, -0.05) is 0 Å². The van der Waals surface area contributed by atoms with E-state index in [1.807, 2.05) is 0 Å². The fourth-order valence-electron chi connectivity index (χ4n) is 2.94. The number of fused-ring (bicyclic) bond motifs is 1. The van der Waals surface area contributed by atoms with Gasteiger partial charge in [-0.2, -0.15) is 0 Å². The molecule has 0 fully saturated rings. The van der Waals surface area contributed by atoms with Gasteiger partial charge in [0, 0.05) is 31.3 Å². The Kier molecular flexibility index (Phi) is 5.71. The van der Waals surface area contributed by atoms with E-state index in [1.54, 1.807) is 41.3 Å². The molecule has 2 amide bonds. The fourth-order valence-corrected chi connectivity index (χ4v) is 2.94. The van der Waals surface area contributed by atoms with E-state index in [1.165, 1.54) is 19.4 Å². The molecule has 0 radical (unpaired) electrons. The van der Waals surface area contributed by atoms with Crippen LogP contribution in [-0.2, 0) is 20.7 Å². The van der Waals surface area contributed by atoms with E-state index in [4.69, 9.17) is 9.15 Å². The van der Waals surface area contributed by atoms with Crippen LogP contribution in [-0.4, -0.2) is 38.0 Å². The second kappa shape index (κ2) is 8.35. The Balaban J connectivity index is 1.51. The molecular weight excluding hydrogens is 348 g/mol. The molecule has 0 aliphatic carbocycles. The van der Waals surface area contributed by atoms with Crippen molar-refractivity contribution in [2.24, 2.45) is 0 Å². The summed E-state index contributed by atoms with van der Waals surface area (Å²) in [6.45, 7) is 0.803. The van der Waals surface area contributed by atoms with Crippen molar-refractivity contribution in [1.29, 1.82) is 0 Å². The lowest BCUT2D eigenvalue weighted by Gasteiger charge is -2.17. The Morgan fingerprint density at radius 3 is 2.89 bits per heavy atom. The lowest BCUT2D eigenvalue weighted by molar-refractivity contribution is -0.119. The number of furan rings is 1. The maximum Gasteiger partial charge on any atom is 0.337 e. The molecule has 2 aromatic rings. The highest BCUT2D eigenvalue weighted by Crippen LogP contribution is 2.29. The van der Waals surface area contributed by atoms with Crippen molar-refractivity contribution in [2.45, 2.75) is 12.8 Å². The minimum Gasteiger partial charge on any atom is -0.465 e. The third-order valence-corrected chi connectivity index (χ3v) is 4.28. The molecule has 1 aliphatic rings. The van der Waals surface area contributed by atoms with Crippen LogP contribution in [0.4, 0.5) is 5.69 Å². The Bertz CT molecular complexity index is 871. The molecule has 0 spiro atoms. The van der Waals surface area contributed by atoms with Gasteiger partial charge in [0.05, 0.1) is 18.9 Å². The van der Waals surface area contributed by atoms with Crippen molar-refractivity contribution >= 4 is 29.5 Å². The van der Waals surface area contributed by atoms with Crippen LogP contribution in [0.5, 0.6) is 0 Å². The van der Waals surface area contributed by atoms with E-state index in [-0.39, 0.29) is 24.8 Å². The van der Waals surface area contributed by atoms with Gasteiger partial charge in [0.2, 0.25) is 11.8 Å². The first kappa shape index (κ1) is 18.4. The quantitative estimate of drug-likeness (QED) is 0.624. The molecule has 140 valence electrons. The average molecular weight is 368 g/mol. The number of ether oxygens (including phenoxy) is 1. The van der Waals surface area contributed by atoms with Crippen molar-refractivity contribution in [2.75, 3.05) is 25.1 Å². The molecule has 2 heterocycles. The predicted molar refractivity (Wildman–Crippen MR) is 99.2 cm³/mol. The molecule has 7 nitrogen and oxygen atoms in total. The van der Waals surface area contributed by atoms with Gasteiger partial charge in [-0.15, -0.1) is 0 Å². The summed E-state index contributed by atoms with van der Waals surface area (Å²) in [5.74, 6) is -0.173. The summed E-state index contributed by atoms with van der Waals surface area (Å²) in [6.07, 6.45) is 5.33. The van der Waals surface area contributed by atoms with Crippen molar-refractivity contribution < 1.29 is 23.5 Å². The molecular formula is C20H20N2O5. The normalized spacial score (nSPS) is 12.9. The minimum atomic E-state index is -0.395. The summed E-state index contributed by atoms with van der Waals surface area (Å²) < 4.78 is 9.82. The number of hydrogen-bond donors (Lipinski definition) is 1. The maximum absolute atomic E-state index is 12.5. The topological polar surface area (TPSA) is 88.9 Å². The number of anilines is 1. The molecule has 0 bridgehead atoms. The summed E-state index contributed by atoms with van der Waals surface area (Å²) in [4.78, 5) is 37.5. The van der Waals surface area contributed by atoms with Crippen LogP contribution in [0, 0.1) is 0 Å². The highest BCUT2D eigenvalue weighted by Gasteiger charge is 2.25. The first-order chi connectivity index (χ1) is 13.1. The summed E-state index contributed by atoms with van der Waals surface area (Å²) >= 11 is 0. The molecule has 0 atom stereocenters. The third kappa shape index (κ3) is 4.44. The number of carbonyl (C=O) groups excluding carboxylic acids is 3. The molecule has 7 heteroatoms. The first-order valence-electron chi connectivity index (χ1n) is 8.59. The summed E-state index contributed by atoms with van der Waals surface area (Å²) in [5.41, 5.74) is 2.22. The smallest absolute Gasteiger partial charge is 0.337 e. The van der Waals surface area contributed by atoms with Crippen LogP contribution in [0.2, 0.25) is 0 Å². The monoisotopic (exact) mass is 368 g/mol. The number of rotatable bonds is 6. The van der Waals surface area contributed by atoms with Crippen LogP contribution in [0.25, 0.3) is 6.08 Å². The highest BCUT2D eigenvalue weighted by molar-refractivity contribution is 5.98. The number of methoxy groups -OCH3 is 1. The molecule has 1 aliphatic heterocycles. The van der Waals surface area contributed by atoms with Gasteiger partial charge >= 0.3 is 5.97 Å². The van der Waals surface area contributed by atoms with Crippen molar-refractivity contribution in [3.63, 3.8) is 0 Å². The van der Waals surface area contributed by atoms with E-state index >= 15 is 0 Å². The SMILES string of the molecule is COC(=O)c1ccc2c(c1)CCN2C(=O)CCNC(=O)/C=C/c1ccco1. The van der Waals surface area contributed by atoms with Crippen LogP contribution < -0.4 is 10.2 Å². The van der Waals surface area contributed by atoms with Gasteiger partial charge in [-0.3, -0.25) is 9.59 Å². The highest BCUT2D eigenvalue weighted by atomic mass is 16.5. The Labute approximate surface area is 156 Å². The van der Waals surface area contributed by atoms with Crippen molar-refractivity contribution in [3.8, 4) is 0 Å². The second-order valence-corrected chi connectivity index (χ2v) is 6.02. The molecule has 1 aromatic heterocycles. The fraction of sp³-hybridized carbons (Fsp3) is 0.250. The van der Waals surface area contributed by atoms with Crippen LogP contribution >= 0.6 is 0 Å². The van der Waals surface area contributed by atoms with Gasteiger partial charge in [-0.05, 0) is 48.4 Å². The number of nitrogens with zero attached hydrogens (tertiary/aromatic N) is 1. The van der Waals surface area contributed by atoms with Crippen LogP contribution in [0.1, 0.15) is 28.1 Å². The summed E-state index contributed by atoms with van der Waals surface area (Å²) in [7, 11) is 1.34. The van der Waals surface area contributed by atoms with Gasteiger partial charge in [-0.25, -0.2) is 4.79 Å². The summed E-state index contributed by atoms with van der Waals surface area (Å²) in [5, 5.41) is 2.68. The molecule has 3 rings (SSSR count). The predicted octanol–water partition coefficient (Wildman–Crippen LogP) is 2.17. The number of nitrogens with one attached hydrogen (secondary N) is 1. The Morgan fingerprint density at radius 2 is 2.15 bits per heavy atom. The van der Waals surface area contributed by atoms with Gasteiger partial charge in [0.25, 0.3) is 0 Å². The number of hydrogen-bond acceptors (Lipinski definition) is 5. The maximum atomic E-state index is 12.5. The lowest BCUT2D eigenvalue weighted by atomic mass is 10.1. The van der Waals surface area contributed by atoms with Gasteiger partial charge in [0.1, 0.15) is 5.76 Å². The zero-order valence-corrected chi connectivity index (χ0v) is 14.9. The number of carbonyl (C=O) groups is 3. The Morgan fingerprint density at radius 1 is 1.30 bits per heavy atom. The zero-order chi connectivity index (χ0) is 19.2.